The van der Waals surface area contributed by atoms with E-state index >= 15 is 0 Å². The van der Waals surface area contributed by atoms with Gasteiger partial charge in [-0.15, -0.1) is 0 Å². The fourth-order valence-electron chi connectivity index (χ4n) is 4.74. The van der Waals surface area contributed by atoms with Crippen LogP contribution in [0.2, 0.25) is 0 Å². The summed E-state index contributed by atoms with van der Waals surface area (Å²) >= 11 is 0. The summed E-state index contributed by atoms with van der Waals surface area (Å²) in [6, 6.07) is -0.108. The molecule has 0 aromatic rings. The highest BCUT2D eigenvalue weighted by Crippen LogP contribution is 2.42. The number of carbonyl (C=O) groups is 1. The summed E-state index contributed by atoms with van der Waals surface area (Å²) < 4.78 is 0. The molecular weight excluding hydrogens is 306 g/mol. The summed E-state index contributed by atoms with van der Waals surface area (Å²) in [5, 5.41) is 26.8. The van der Waals surface area contributed by atoms with Gasteiger partial charge in [-0.3, -0.25) is 4.79 Å². The fraction of sp³-hybridized carbons (Fsp3) is 0.944. The van der Waals surface area contributed by atoms with Crippen molar-refractivity contribution in [2.45, 2.75) is 103 Å². The maximum absolute atomic E-state index is 12.9. The summed E-state index contributed by atoms with van der Waals surface area (Å²) in [6.07, 6.45) is 1.92. The minimum atomic E-state index is -0.512. The van der Waals surface area contributed by atoms with Gasteiger partial charge in [-0.05, 0) is 74.7 Å². The number of hydrogen-bond donors (Lipinski definition) is 3. The Kier molecular flexibility index (Phi) is 4.63. The van der Waals surface area contributed by atoms with Gasteiger partial charge in [0.25, 0.3) is 0 Å². The van der Waals surface area contributed by atoms with Gasteiger partial charge in [0.1, 0.15) is 0 Å². The Morgan fingerprint density at radius 3 is 1.62 bits per heavy atom. The van der Waals surface area contributed by atoms with E-state index in [4.69, 9.17) is 0 Å². The van der Waals surface area contributed by atoms with E-state index in [1.165, 1.54) is 10.1 Å². The Morgan fingerprint density at radius 2 is 1.25 bits per heavy atom. The molecule has 1 unspecified atom stereocenters. The first-order valence-electron chi connectivity index (χ1n) is 8.90. The van der Waals surface area contributed by atoms with Gasteiger partial charge in [0.15, 0.2) is 0 Å². The van der Waals surface area contributed by atoms with E-state index in [9.17, 15) is 15.2 Å². The van der Waals surface area contributed by atoms with Crippen LogP contribution in [0.1, 0.15) is 74.7 Å². The van der Waals surface area contributed by atoms with Crippen LogP contribution >= 0.6 is 0 Å². The van der Waals surface area contributed by atoms with E-state index in [0.29, 0.717) is 19.3 Å². The standard InChI is InChI=1S/C18H35N3O3/c1-15(2)9-12(10-16(3,4)20(15)23)14(22)19-13-11-17(5,6)21(24)18(13,7)8/h12-13,23-24H,9-11H2,1-8H3,(H,19,22). The van der Waals surface area contributed by atoms with Crippen LogP contribution < -0.4 is 5.32 Å². The van der Waals surface area contributed by atoms with Crippen molar-refractivity contribution in [1.82, 2.24) is 15.4 Å². The number of hydroxylamine groups is 4. The van der Waals surface area contributed by atoms with Crippen LogP contribution in [-0.2, 0) is 4.79 Å². The molecule has 24 heavy (non-hydrogen) atoms. The van der Waals surface area contributed by atoms with Crippen LogP contribution in [0.3, 0.4) is 0 Å². The zero-order chi connectivity index (χ0) is 18.7. The van der Waals surface area contributed by atoms with Crippen molar-refractivity contribution in [2.75, 3.05) is 0 Å². The number of carbonyl (C=O) groups excluding carboxylic acids is 1. The highest BCUT2D eigenvalue weighted by Gasteiger charge is 2.53. The number of rotatable bonds is 2. The van der Waals surface area contributed by atoms with Gasteiger partial charge in [-0.25, -0.2) is 0 Å². The van der Waals surface area contributed by atoms with Gasteiger partial charge in [0, 0.05) is 22.5 Å². The van der Waals surface area contributed by atoms with Gasteiger partial charge in [-0.2, -0.15) is 10.1 Å². The molecule has 0 aliphatic carbocycles. The summed E-state index contributed by atoms with van der Waals surface area (Å²) in [5.41, 5.74) is -1.77. The van der Waals surface area contributed by atoms with Crippen LogP contribution in [0.15, 0.2) is 0 Å². The molecule has 0 saturated carbocycles. The molecule has 0 radical (unpaired) electrons. The minimum Gasteiger partial charge on any atom is -0.351 e. The van der Waals surface area contributed by atoms with Gasteiger partial charge >= 0.3 is 0 Å². The van der Waals surface area contributed by atoms with E-state index in [-0.39, 0.29) is 23.4 Å². The Hall–Kier alpha value is -0.690. The van der Waals surface area contributed by atoms with Crippen LogP contribution in [-0.4, -0.2) is 54.6 Å². The topological polar surface area (TPSA) is 76.0 Å². The first-order chi connectivity index (χ1) is 10.6. The van der Waals surface area contributed by atoms with Crippen molar-refractivity contribution >= 4 is 5.91 Å². The lowest BCUT2D eigenvalue weighted by Gasteiger charge is -2.51. The molecule has 0 aromatic carbocycles. The lowest BCUT2D eigenvalue weighted by molar-refractivity contribution is -0.249. The van der Waals surface area contributed by atoms with Gasteiger partial charge < -0.3 is 15.7 Å². The third kappa shape index (κ3) is 3.21. The Morgan fingerprint density at radius 1 is 0.833 bits per heavy atom. The highest BCUT2D eigenvalue weighted by atomic mass is 16.5. The summed E-state index contributed by atoms with van der Waals surface area (Å²) in [7, 11) is 0. The Balaban J connectivity index is 2.13. The van der Waals surface area contributed by atoms with E-state index in [2.05, 4.69) is 5.32 Å². The zero-order valence-electron chi connectivity index (χ0n) is 16.5. The largest absolute Gasteiger partial charge is 0.351 e. The first-order valence-corrected chi connectivity index (χ1v) is 8.90. The fourth-order valence-corrected chi connectivity index (χ4v) is 4.74. The number of hydrogen-bond acceptors (Lipinski definition) is 5. The Bertz CT molecular complexity index is 496. The lowest BCUT2D eigenvalue weighted by atomic mass is 9.74. The molecule has 1 atom stereocenters. The zero-order valence-corrected chi connectivity index (χ0v) is 16.5. The molecule has 2 aliphatic heterocycles. The number of nitrogens with zero attached hydrogens (tertiary/aromatic N) is 2. The summed E-state index contributed by atoms with van der Waals surface area (Å²) in [6.45, 7) is 15.7. The molecule has 2 heterocycles. The maximum atomic E-state index is 12.9. The minimum absolute atomic E-state index is 0.0217. The number of piperidine rings is 1. The van der Waals surface area contributed by atoms with E-state index in [0.717, 1.165) is 0 Å². The second-order valence-corrected chi connectivity index (χ2v) is 10.1. The Labute approximate surface area is 146 Å². The molecule has 2 aliphatic rings. The van der Waals surface area contributed by atoms with Crippen LogP contribution in [0.5, 0.6) is 0 Å². The monoisotopic (exact) mass is 341 g/mol. The summed E-state index contributed by atoms with van der Waals surface area (Å²) in [4.78, 5) is 12.9. The van der Waals surface area contributed by atoms with Crippen molar-refractivity contribution in [2.24, 2.45) is 5.92 Å². The molecule has 140 valence electrons. The van der Waals surface area contributed by atoms with Gasteiger partial charge in [0.2, 0.25) is 5.91 Å². The summed E-state index contributed by atoms with van der Waals surface area (Å²) in [5.74, 6) is -0.126. The van der Waals surface area contributed by atoms with Gasteiger partial charge in [-0.1, -0.05) is 0 Å². The molecule has 0 bridgehead atoms. The normalized spacial score (nSPS) is 32.7. The average molecular weight is 341 g/mol. The predicted octanol–water partition coefficient (Wildman–Crippen LogP) is 2.78. The van der Waals surface area contributed by atoms with E-state index in [1.54, 1.807) is 0 Å². The second kappa shape index (κ2) is 5.66. The molecular formula is C18H35N3O3. The van der Waals surface area contributed by atoms with Crippen molar-refractivity contribution in [3.63, 3.8) is 0 Å². The predicted molar refractivity (Wildman–Crippen MR) is 92.8 cm³/mol. The molecule has 3 N–H and O–H groups in total. The molecule has 6 nitrogen and oxygen atoms in total. The maximum Gasteiger partial charge on any atom is 0.223 e. The molecule has 0 spiro atoms. The SMILES string of the molecule is CC1(C)CC(C(=O)NC2CC(C)(C)N(O)C2(C)C)CC(C)(C)N1O. The van der Waals surface area contributed by atoms with Crippen molar-refractivity contribution in [3.8, 4) is 0 Å². The molecule has 0 aromatic heterocycles. The lowest BCUT2D eigenvalue weighted by Crippen LogP contribution is -2.61. The van der Waals surface area contributed by atoms with E-state index in [1.807, 2.05) is 55.4 Å². The average Bonchev–Trinajstić information content (AvgIpc) is 2.55. The quantitative estimate of drug-likeness (QED) is 0.720. The number of amides is 1. The second-order valence-electron chi connectivity index (χ2n) is 10.1. The molecule has 2 rings (SSSR count). The van der Waals surface area contributed by atoms with Crippen LogP contribution in [0.4, 0.5) is 0 Å². The van der Waals surface area contributed by atoms with Crippen molar-refractivity contribution < 1.29 is 15.2 Å². The number of nitrogens with one attached hydrogen (secondary N) is 1. The molecule has 6 heteroatoms. The third-order valence-corrected chi connectivity index (χ3v) is 6.00. The first kappa shape index (κ1) is 19.6. The van der Waals surface area contributed by atoms with Gasteiger partial charge in [0.05, 0.1) is 11.6 Å². The highest BCUT2D eigenvalue weighted by molar-refractivity contribution is 5.79. The smallest absolute Gasteiger partial charge is 0.223 e. The molecule has 2 fully saturated rings. The van der Waals surface area contributed by atoms with Crippen LogP contribution in [0.25, 0.3) is 0 Å². The van der Waals surface area contributed by atoms with Crippen molar-refractivity contribution in [1.29, 1.82) is 0 Å². The molecule has 2 saturated heterocycles. The van der Waals surface area contributed by atoms with Crippen LogP contribution in [0, 0.1) is 5.92 Å². The molecule has 1 amide bonds. The third-order valence-electron chi connectivity index (χ3n) is 6.00. The van der Waals surface area contributed by atoms with Crippen molar-refractivity contribution in [3.05, 3.63) is 0 Å². The van der Waals surface area contributed by atoms with E-state index < -0.39 is 16.6 Å².